The molecular formula is C21H18N2O2. The van der Waals surface area contributed by atoms with Gasteiger partial charge >= 0.3 is 0 Å². The number of carbonyl (C=O) groups is 1. The predicted octanol–water partition coefficient (Wildman–Crippen LogP) is 3.47. The standard InChI is InChI=1S/C21H18N2O2/c1-22-20(24)18-19(25-21(23-18)15-9-3-2-4-10-15)17-13-7-11-14-8-5-6-12-16(14)17/h2-13,18-19H,1H3,(H,22,24)/t18-,19-/m0/s1. The zero-order valence-corrected chi connectivity index (χ0v) is 13.8. The third-order valence-corrected chi connectivity index (χ3v) is 4.45. The van der Waals surface area contributed by atoms with Crippen LogP contribution in [-0.2, 0) is 9.53 Å². The number of nitrogens with one attached hydrogen (secondary N) is 1. The molecule has 4 heteroatoms. The third-order valence-electron chi connectivity index (χ3n) is 4.45. The van der Waals surface area contributed by atoms with E-state index in [2.05, 4.69) is 28.5 Å². The fraction of sp³-hybridized carbons (Fsp3) is 0.143. The Kier molecular flexibility index (Phi) is 3.94. The van der Waals surface area contributed by atoms with E-state index in [1.54, 1.807) is 7.05 Å². The van der Waals surface area contributed by atoms with Crippen molar-refractivity contribution < 1.29 is 9.53 Å². The quantitative estimate of drug-likeness (QED) is 0.799. The van der Waals surface area contributed by atoms with Gasteiger partial charge in [0.05, 0.1) is 0 Å². The van der Waals surface area contributed by atoms with Gasteiger partial charge in [0.15, 0.2) is 12.1 Å². The second-order valence-electron chi connectivity index (χ2n) is 5.97. The van der Waals surface area contributed by atoms with Crippen molar-refractivity contribution in [3.63, 3.8) is 0 Å². The summed E-state index contributed by atoms with van der Waals surface area (Å²) in [6, 6.07) is 23.2. The van der Waals surface area contributed by atoms with Crippen molar-refractivity contribution >= 4 is 22.6 Å². The van der Waals surface area contributed by atoms with Crippen LogP contribution in [-0.4, -0.2) is 24.9 Å². The Morgan fingerprint density at radius 3 is 2.48 bits per heavy atom. The fourth-order valence-electron chi connectivity index (χ4n) is 3.21. The van der Waals surface area contributed by atoms with Gasteiger partial charge in [-0.05, 0) is 22.9 Å². The summed E-state index contributed by atoms with van der Waals surface area (Å²) in [5.74, 6) is 0.357. The van der Waals surface area contributed by atoms with Crippen LogP contribution in [0.25, 0.3) is 10.8 Å². The number of rotatable bonds is 3. The summed E-state index contributed by atoms with van der Waals surface area (Å²) in [5.41, 5.74) is 1.85. The Labute approximate surface area is 146 Å². The zero-order valence-electron chi connectivity index (χ0n) is 13.8. The molecule has 1 heterocycles. The zero-order chi connectivity index (χ0) is 17.2. The third kappa shape index (κ3) is 2.76. The maximum absolute atomic E-state index is 12.4. The first-order valence-electron chi connectivity index (χ1n) is 8.27. The molecule has 0 spiro atoms. The second-order valence-corrected chi connectivity index (χ2v) is 5.97. The molecule has 3 aromatic carbocycles. The second kappa shape index (κ2) is 6.40. The van der Waals surface area contributed by atoms with Crippen molar-refractivity contribution in [1.82, 2.24) is 5.32 Å². The van der Waals surface area contributed by atoms with E-state index in [1.807, 2.05) is 54.6 Å². The molecule has 124 valence electrons. The lowest BCUT2D eigenvalue weighted by Crippen LogP contribution is -2.33. The molecule has 0 bridgehead atoms. The maximum atomic E-state index is 12.4. The smallest absolute Gasteiger partial charge is 0.248 e. The molecular weight excluding hydrogens is 312 g/mol. The molecule has 3 aromatic rings. The Balaban J connectivity index is 1.79. The van der Waals surface area contributed by atoms with Gasteiger partial charge in [-0.3, -0.25) is 4.79 Å². The van der Waals surface area contributed by atoms with E-state index < -0.39 is 12.1 Å². The number of ether oxygens (including phenoxy) is 1. The van der Waals surface area contributed by atoms with Gasteiger partial charge in [0.2, 0.25) is 11.8 Å². The van der Waals surface area contributed by atoms with E-state index in [-0.39, 0.29) is 5.91 Å². The summed E-state index contributed by atoms with van der Waals surface area (Å²) < 4.78 is 6.17. The minimum Gasteiger partial charge on any atom is -0.466 e. The van der Waals surface area contributed by atoms with Crippen LogP contribution in [0, 0.1) is 0 Å². The number of hydrogen-bond acceptors (Lipinski definition) is 3. The van der Waals surface area contributed by atoms with E-state index >= 15 is 0 Å². The molecule has 1 N–H and O–H groups in total. The van der Waals surface area contributed by atoms with E-state index in [0.717, 1.165) is 21.9 Å². The van der Waals surface area contributed by atoms with E-state index in [4.69, 9.17) is 4.74 Å². The van der Waals surface area contributed by atoms with E-state index in [1.165, 1.54) is 0 Å². The van der Waals surface area contributed by atoms with E-state index in [0.29, 0.717) is 5.90 Å². The molecule has 0 radical (unpaired) electrons. The number of likely N-dealkylation sites (N-methyl/N-ethyl adjacent to an activating group) is 1. The number of hydrogen-bond donors (Lipinski definition) is 1. The van der Waals surface area contributed by atoms with Gasteiger partial charge in [0, 0.05) is 18.2 Å². The average molecular weight is 330 g/mol. The summed E-state index contributed by atoms with van der Waals surface area (Å²) in [4.78, 5) is 17.0. The molecule has 4 rings (SSSR count). The number of aliphatic imine (C=N–C) groups is 1. The van der Waals surface area contributed by atoms with Crippen molar-refractivity contribution in [3.05, 3.63) is 83.9 Å². The first-order chi connectivity index (χ1) is 12.3. The van der Waals surface area contributed by atoms with E-state index in [9.17, 15) is 4.79 Å². The van der Waals surface area contributed by atoms with Gasteiger partial charge in [-0.2, -0.15) is 0 Å². The van der Waals surface area contributed by atoms with Gasteiger partial charge in [-0.25, -0.2) is 4.99 Å². The highest BCUT2D eigenvalue weighted by Crippen LogP contribution is 2.35. The summed E-state index contributed by atoms with van der Waals surface area (Å²) in [6.45, 7) is 0. The molecule has 0 unspecified atom stereocenters. The summed E-state index contributed by atoms with van der Waals surface area (Å²) >= 11 is 0. The highest BCUT2D eigenvalue weighted by molar-refractivity contribution is 5.99. The maximum Gasteiger partial charge on any atom is 0.248 e. The van der Waals surface area contributed by atoms with Gasteiger partial charge < -0.3 is 10.1 Å². The normalized spacial score (nSPS) is 19.3. The molecule has 1 aliphatic rings. The van der Waals surface area contributed by atoms with Crippen LogP contribution in [0.5, 0.6) is 0 Å². The number of carbonyl (C=O) groups excluding carboxylic acids is 1. The van der Waals surface area contributed by atoms with Crippen molar-refractivity contribution in [2.45, 2.75) is 12.1 Å². The minimum absolute atomic E-state index is 0.149. The summed E-state index contributed by atoms with van der Waals surface area (Å²) in [7, 11) is 1.62. The van der Waals surface area contributed by atoms with Crippen LogP contribution in [0.1, 0.15) is 17.2 Å². The van der Waals surface area contributed by atoms with Crippen LogP contribution < -0.4 is 5.32 Å². The molecule has 0 saturated carbocycles. The highest BCUT2D eigenvalue weighted by Gasteiger charge is 2.38. The van der Waals surface area contributed by atoms with Crippen molar-refractivity contribution in [1.29, 1.82) is 0 Å². The number of fused-ring (bicyclic) bond motifs is 1. The largest absolute Gasteiger partial charge is 0.466 e. The topological polar surface area (TPSA) is 50.7 Å². The fourth-order valence-corrected chi connectivity index (χ4v) is 3.21. The van der Waals surface area contributed by atoms with Gasteiger partial charge in [0.25, 0.3) is 0 Å². The molecule has 0 aromatic heterocycles. The Morgan fingerprint density at radius 1 is 0.960 bits per heavy atom. The van der Waals surface area contributed by atoms with Crippen LogP contribution in [0.15, 0.2) is 77.8 Å². The molecule has 2 atom stereocenters. The lowest BCUT2D eigenvalue weighted by molar-refractivity contribution is -0.123. The van der Waals surface area contributed by atoms with Crippen LogP contribution in [0.2, 0.25) is 0 Å². The van der Waals surface area contributed by atoms with Gasteiger partial charge in [-0.1, -0.05) is 60.7 Å². The minimum atomic E-state index is -0.606. The molecule has 4 nitrogen and oxygen atoms in total. The van der Waals surface area contributed by atoms with Crippen LogP contribution in [0.4, 0.5) is 0 Å². The number of nitrogens with zero attached hydrogens (tertiary/aromatic N) is 1. The van der Waals surface area contributed by atoms with Crippen LogP contribution in [0.3, 0.4) is 0 Å². The van der Waals surface area contributed by atoms with Gasteiger partial charge in [-0.15, -0.1) is 0 Å². The van der Waals surface area contributed by atoms with Crippen molar-refractivity contribution in [3.8, 4) is 0 Å². The summed E-state index contributed by atoms with van der Waals surface area (Å²) in [6.07, 6.45) is -0.443. The first kappa shape index (κ1) is 15.4. The van der Waals surface area contributed by atoms with Crippen molar-refractivity contribution in [2.24, 2.45) is 4.99 Å². The number of amides is 1. The molecule has 0 aliphatic carbocycles. The molecule has 0 saturated heterocycles. The predicted molar refractivity (Wildman–Crippen MR) is 98.6 cm³/mol. The molecule has 0 fully saturated rings. The summed E-state index contributed by atoms with van der Waals surface area (Å²) in [5, 5.41) is 4.90. The van der Waals surface area contributed by atoms with Crippen molar-refractivity contribution in [2.75, 3.05) is 7.05 Å². The molecule has 1 amide bonds. The van der Waals surface area contributed by atoms with Crippen LogP contribution >= 0.6 is 0 Å². The molecule has 1 aliphatic heterocycles. The lowest BCUT2D eigenvalue weighted by Gasteiger charge is -2.19. The van der Waals surface area contributed by atoms with Gasteiger partial charge in [0.1, 0.15) is 0 Å². The Hall–Kier alpha value is -3.14. The average Bonchev–Trinajstić information content (AvgIpc) is 3.13. The SMILES string of the molecule is CNC(=O)[C@H]1N=C(c2ccccc2)O[C@H]1c1cccc2ccccc12. The molecule has 25 heavy (non-hydrogen) atoms. The highest BCUT2D eigenvalue weighted by atomic mass is 16.5. The first-order valence-corrected chi connectivity index (χ1v) is 8.27. The monoisotopic (exact) mass is 330 g/mol. The lowest BCUT2D eigenvalue weighted by atomic mass is 9.96. The Bertz CT molecular complexity index is 945. The Morgan fingerprint density at radius 2 is 1.68 bits per heavy atom. The number of benzene rings is 3.